The summed E-state index contributed by atoms with van der Waals surface area (Å²) in [5, 5.41) is 13.1. The molecule has 0 unspecified atom stereocenters. The predicted molar refractivity (Wildman–Crippen MR) is 78.6 cm³/mol. The summed E-state index contributed by atoms with van der Waals surface area (Å²) in [5.41, 5.74) is 2.12. The number of benzene rings is 1. The lowest BCUT2D eigenvalue weighted by Crippen LogP contribution is -2.02. The lowest BCUT2D eigenvalue weighted by molar-refractivity contribution is 1.15. The van der Waals surface area contributed by atoms with Crippen LogP contribution < -0.4 is 5.32 Å². The molecule has 1 N–H and O–H groups in total. The monoisotopic (exact) mass is 291 g/mol. The van der Waals surface area contributed by atoms with E-state index in [0.717, 1.165) is 11.3 Å². The Balaban J connectivity index is 2.48. The normalized spacial score (nSPS) is 10.0. The van der Waals surface area contributed by atoms with Crippen molar-refractivity contribution >= 4 is 29.0 Å². The third-order valence-electron chi connectivity index (χ3n) is 2.58. The van der Waals surface area contributed by atoms with Crippen LogP contribution in [-0.2, 0) is 0 Å². The van der Waals surface area contributed by atoms with Crippen LogP contribution in [0.15, 0.2) is 30.3 Å². The molecule has 0 aliphatic rings. The van der Waals surface area contributed by atoms with Crippen LogP contribution in [0.4, 0.5) is 5.82 Å². The molecule has 2 aromatic rings. The molecule has 1 aromatic carbocycles. The van der Waals surface area contributed by atoms with Crippen molar-refractivity contribution in [1.29, 1.82) is 5.26 Å². The Morgan fingerprint density at radius 2 is 2.00 bits per heavy atom. The number of anilines is 1. The Morgan fingerprint density at radius 1 is 1.21 bits per heavy atom. The highest BCUT2D eigenvalue weighted by molar-refractivity contribution is 6.42. The van der Waals surface area contributed by atoms with Crippen molar-refractivity contribution in [2.45, 2.75) is 6.92 Å². The number of nitrogens with one attached hydrogen (secondary N) is 1. The molecule has 0 aliphatic carbocycles. The highest BCUT2D eigenvalue weighted by atomic mass is 35.5. The fourth-order valence-corrected chi connectivity index (χ4v) is 1.97. The zero-order chi connectivity index (χ0) is 13.8. The molecule has 2 rings (SSSR count). The molecule has 0 atom stereocenters. The molecular formula is C14H11Cl2N3. The number of halogens is 2. The van der Waals surface area contributed by atoms with Crippen molar-refractivity contribution in [3.63, 3.8) is 0 Å². The third kappa shape index (κ3) is 2.98. The molecule has 96 valence electrons. The minimum Gasteiger partial charge on any atom is -0.369 e. The van der Waals surface area contributed by atoms with Crippen molar-refractivity contribution in [3.8, 4) is 17.3 Å². The summed E-state index contributed by atoms with van der Waals surface area (Å²) in [5.74, 6) is 0.577. The number of rotatable bonds is 3. The fourth-order valence-electron chi connectivity index (χ4n) is 1.67. The first-order valence-electron chi connectivity index (χ1n) is 5.76. The van der Waals surface area contributed by atoms with Gasteiger partial charge in [0.1, 0.15) is 11.9 Å². The largest absolute Gasteiger partial charge is 0.369 e. The first-order valence-corrected chi connectivity index (χ1v) is 6.51. The fraction of sp³-hybridized carbons (Fsp3) is 0.143. The molecule has 1 heterocycles. The molecule has 0 amide bonds. The summed E-state index contributed by atoms with van der Waals surface area (Å²) in [7, 11) is 0. The van der Waals surface area contributed by atoms with Gasteiger partial charge in [0, 0.05) is 12.1 Å². The van der Waals surface area contributed by atoms with Crippen molar-refractivity contribution in [2.75, 3.05) is 11.9 Å². The van der Waals surface area contributed by atoms with Crippen LogP contribution in [-0.4, -0.2) is 11.5 Å². The molecule has 0 spiro atoms. The van der Waals surface area contributed by atoms with E-state index >= 15 is 0 Å². The van der Waals surface area contributed by atoms with E-state index < -0.39 is 0 Å². The van der Waals surface area contributed by atoms with E-state index in [0.29, 0.717) is 28.0 Å². The molecule has 1 aromatic heterocycles. The van der Waals surface area contributed by atoms with Gasteiger partial charge in [-0.1, -0.05) is 29.3 Å². The van der Waals surface area contributed by atoms with Crippen molar-refractivity contribution < 1.29 is 0 Å². The maximum Gasteiger partial charge on any atom is 0.144 e. The number of nitriles is 1. The number of aromatic nitrogens is 1. The van der Waals surface area contributed by atoms with Crippen molar-refractivity contribution in [1.82, 2.24) is 4.98 Å². The van der Waals surface area contributed by atoms with Gasteiger partial charge in [-0.05, 0) is 31.2 Å². The van der Waals surface area contributed by atoms with Gasteiger partial charge in [0.25, 0.3) is 0 Å². The van der Waals surface area contributed by atoms with Crippen molar-refractivity contribution in [2.24, 2.45) is 0 Å². The molecule has 0 aliphatic heterocycles. The van der Waals surface area contributed by atoms with Gasteiger partial charge in [-0.25, -0.2) is 4.98 Å². The number of pyridine rings is 1. The minimum absolute atomic E-state index is 0.482. The molecular weight excluding hydrogens is 281 g/mol. The van der Waals surface area contributed by atoms with Crippen LogP contribution >= 0.6 is 23.2 Å². The van der Waals surface area contributed by atoms with Gasteiger partial charge in [-0.15, -0.1) is 0 Å². The van der Waals surface area contributed by atoms with Gasteiger partial charge < -0.3 is 5.32 Å². The molecule has 0 saturated heterocycles. The Bertz CT molecular complexity index is 648. The van der Waals surface area contributed by atoms with Crippen molar-refractivity contribution in [3.05, 3.63) is 45.9 Å². The topological polar surface area (TPSA) is 48.7 Å². The van der Waals surface area contributed by atoms with Gasteiger partial charge in [0.2, 0.25) is 0 Å². The van der Waals surface area contributed by atoms with E-state index in [1.54, 1.807) is 24.3 Å². The molecule has 0 saturated carbocycles. The first-order chi connectivity index (χ1) is 9.15. The standard InChI is InChI=1S/C14H11Cl2N3/c1-2-18-14-10(8-17)4-6-13(19-14)9-3-5-11(15)12(16)7-9/h3-7H,2H2,1H3,(H,18,19). The van der Waals surface area contributed by atoms with E-state index in [2.05, 4.69) is 16.4 Å². The summed E-state index contributed by atoms with van der Waals surface area (Å²) >= 11 is 11.9. The summed E-state index contributed by atoms with van der Waals surface area (Å²) in [4.78, 5) is 4.44. The van der Waals surface area contributed by atoms with Gasteiger partial charge in [-0.2, -0.15) is 5.26 Å². The summed E-state index contributed by atoms with van der Waals surface area (Å²) in [6.45, 7) is 2.65. The summed E-state index contributed by atoms with van der Waals surface area (Å²) in [6, 6.07) is 11.0. The lowest BCUT2D eigenvalue weighted by atomic mass is 10.1. The number of hydrogen-bond donors (Lipinski definition) is 1. The van der Waals surface area contributed by atoms with E-state index in [4.69, 9.17) is 28.5 Å². The zero-order valence-electron chi connectivity index (χ0n) is 10.2. The molecule has 0 fully saturated rings. The highest BCUT2D eigenvalue weighted by Gasteiger charge is 2.07. The van der Waals surface area contributed by atoms with Crippen LogP contribution in [0.3, 0.4) is 0 Å². The third-order valence-corrected chi connectivity index (χ3v) is 3.31. The molecule has 3 nitrogen and oxygen atoms in total. The summed E-state index contributed by atoms with van der Waals surface area (Å²) in [6.07, 6.45) is 0. The molecule has 19 heavy (non-hydrogen) atoms. The smallest absolute Gasteiger partial charge is 0.144 e. The molecule has 5 heteroatoms. The van der Waals surface area contributed by atoms with Gasteiger partial charge in [-0.3, -0.25) is 0 Å². The first kappa shape index (κ1) is 13.7. The Morgan fingerprint density at radius 3 is 2.63 bits per heavy atom. The Hall–Kier alpha value is -1.76. The maximum atomic E-state index is 9.02. The average Bonchev–Trinajstić information content (AvgIpc) is 2.42. The second kappa shape index (κ2) is 5.92. The van der Waals surface area contributed by atoms with Crippen LogP contribution in [0.2, 0.25) is 10.0 Å². The van der Waals surface area contributed by atoms with Gasteiger partial charge in [0.05, 0.1) is 21.3 Å². The minimum atomic E-state index is 0.482. The molecule has 0 radical (unpaired) electrons. The Kier molecular flexibility index (Phi) is 4.26. The van der Waals surface area contributed by atoms with E-state index in [1.807, 2.05) is 13.0 Å². The second-order valence-electron chi connectivity index (χ2n) is 3.86. The quantitative estimate of drug-likeness (QED) is 0.914. The van der Waals surface area contributed by atoms with Gasteiger partial charge >= 0.3 is 0 Å². The predicted octanol–water partition coefficient (Wildman–Crippen LogP) is 4.36. The van der Waals surface area contributed by atoms with Crippen LogP contribution in [0.5, 0.6) is 0 Å². The van der Waals surface area contributed by atoms with E-state index in [1.165, 1.54) is 0 Å². The van der Waals surface area contributed by atoms with Crippen LogP contribution in [0.1, 0.15) is 12.5 Å². The SMILES string of the molecule is CCNc1nc(-c2ccc(Cl)c(Cl)c2)ccc1C#N. The number of hydrogen-bond acceptors (Lipinski definition) is 3. The van der Waals surface area contributed by atoms with Crippen LogP contribution in [0, 0.1) is 11.3 Å². The molecule has 0 bridgehead atoms. The zero-order valence-corrected chi connectivity index (χ0v) is 11.8. The average molecular weight is 292 g/mol. The maximum absolute atomic E-state index is 9.02. The lowest BCUT2D eigenvalue weighted by Gasteiger charge is -2.08. The van der Waals surface area contributed by atoms with Gasteiger partial charge in [0.15, 0.2) is 0 Å². The Labute approximate surface area is 121 Å². The highest BCUT2D eigenvalue weighted by Crippen LogP contribution is 2.28. The van der Waals surface area contributed by atoms with E-state index in [9.17, 15) is 0 Å². The second-order valence-corrected chi connectivity index (χ2v) is 4.68. The van der Waals surface area contributed by atoms with Crippen LogP contribution in [0.25, 0.3) is 11.3 Å². The van der Waals surface area contributed by atoms with E-state index in [-0.39, 0.29) is 0 Å². The summed E-state index contributed by atoms with van der Waals surface area (Å²) < 4.78 is 0. The number of nitrogens with zero attached hydrogens (tertiary/aromatic N) is 2.